The number of likely N-dealkylation sites (N-methyl/N-ethyl adjacent to an activating group) is 1. The van der Waals surface area contributed by atoms with Crippen molar-refractivity contribution in [2.24, 2.45) is 0 Å². The number of allylic oxidation sites excluding steroid dienone is 1. The standard InChI is InChI=1S/C29H35FN6O8/c1-35(28(44)32-23(26(40)41)13-14-25(38)39)29(27(42)43)15-3-6-20(17-29)31-24(37)8-2-5-19-9-11-22(12-10-19)36-18-21(33-34-36)7-4-16-30/h3,6,9-12,17-18,23H,2,4-5,7-8,13-16H2,1H3,(H,31,37)(H,32,44)(H,38,39)(H,40,41)(H,42,43)/t23-,29-/m0/s1. The van der Waals surface area contributed by atoms with E-state index < -0.39 is 55.0 Å². The highest BCUT2D eigenvalue weighted by Gasteiger charge is 2.44. The van der Waals surface area contributed by atoms with Crippen molar-refractivity contribution >= 4 is 29.8 Å². The molecule has 0 bridgehead atoms. The number of carboxylic acids is 3. The van der Waals surface area contributed by atoms with E-state index in [2.05, 4.69) is 20.9 Å². The zero-order valence-electron chi connectivity index (χ0n) is 24.1. The van der Waals surface area contributed by atoms with E-state index in [0.29, 0.717) is 31.4 Å². The molecule has 3 rings (SSSR count). The number of alkyl halides is 1. The van der Waals surface area contributed by atoms with Crippen LogP contribution in [0.2, 0.25) is 0 Å². The Kier molecular flexibility index (Phi) is 11.7. The molecule has 236 valence electrons. The minimum Gasteiger partial charge on any atom is -0.481 e. The fourth-order valence-corrected chi connectivity index (χ4v) is 4.57. The van der Waals surface area contributed by atoms with Crippen LogP contribution in [0.25, 0.3) is 5.69 Å². The normalized spacial score (nSPS) is 16.5. The van der Waals surface area contributed by atoms with Crippen LogP contribution in [-0.4, -0.2) is 90.4 Å². The van der Waals surface area contributed by atoms with Crippen molar-refractivity contribution in [2.75, 3.05) is 13.7 Å². The quantitative estimate of drug-likeness (QED) is 0.186. The van der Waals surface area contributed by atoms with E-state index in [4.69, 9.17) is 5.11 Å². The highest BCUT2D eigenvalue weighted by molar-refractivity contribution is 5.91. The second kappa shape index (κ2) is 15.4. The zero-order valence-corrected chi connectivity index (χ0v) is 24.1. The summed E-state index contributed by atoms with van der Waals surface area (Å²) < 4.78 is 14.0. The summed E-state index contributed by atoms with van der Waals surface area (Å²) in [7, 11) is 1.18. The maximum Gasteiger partial charge on any atom is 0.334 e. The number of carbonyl (C=O) groups is 5. The number of benzene rings is 1. The molecular formula is C29H35FN6O8. The van der Waals surface area contributed by atoms with Crippen LogP contribution in [0.15, 0.2) is 54.4 Å². The van der Waals surface area contributed by atoms with Crippen molar-refractivity contribution in [1.82, 2.24) is 30.5 Å². The third kappa shape index (κ3) is 8.96. The number of nitrogens with one attached hydrogen (secondary N) is 2. The lowest BCUT2D eigenvalue weighted by atomic mass is 9.88. The molecule has 15 heteroatoms. The second-order valence-corrected chi connectivity index (χ2v) is 10.3. The number of urea groups is 1. The Morgan fingerprint density at radius 1 is 1.07 bits per heavy atom. The Bertz CT molecular complexity index is 1420. The fraction of sp³-hybridized carbons (Fsp3) is 0.414. The van der Waals surface area contributed by atoms with Crippen LogP contribution < -0.4 is 10.6 Å². The van der Waals surface area contributed by atoms with Gasteiger partial charge < -0.3 is 30.9 Å². The van der Waals surface area contributed by atoms with E-state index >= 15 is 0 Å². The molecule has 1 heterocycles. The van der Waals surface area contributed by atoms with Gasteiger partial charge in [0.15, 0.2) is 5.54 Å². The SMILES string of the molecule is CN(C(=O)N[C@@H](CCC(=O)O)C(=O)O)[C@]1(C(=O)O)C=C(NC(=O)CCCc2ccc(-n3cc(CCCF)nn3)cc2)C=CC1. The molecule has 0 fully saturated rings. The molecule has 3 amide bonds. The van der Waals surface area contributed by atoms with Crippen LogP contribution in [0.3, 0.4) is 0 Å². The molecule has 5 N–H and O–H groups in total. The molecule has 1 aliphatic carbocycles. The minimum absolute atomic E-state index is 0.133. The molecule has 14 nitrogen and oxygen atoms in total. The van der Waals surface area contributed by atoms with Gasteiger partial charge in [-0.2, -0.15) is 0 Å². The molecule has 44 heavy (non-hydrogen) atoms. The minimum atomic E-state index is -1.93. The van der Waals surface area contributed by atoms with E-state index in [9.17, 15) is 38.6 Å². The first-order valence-corrected chi connectivity index (χ1v) is 13.9. The van der Waals surface area contributed by atoms with Crippen molar-refractivity contribution in [1.29, 1.82) is 0 Å². The topological polar surface area (TPSA) is 204 Å². The van der Waals surface area contributed by atoms with Gasteiger partial charge in [0, 0.05) is 32.0 Å². The summed E-state index contributed by atoms with van der Waals surface area (Å²) in [5.41, 5.74) is 0.706. The molecule has 0 radical (unpaired) electrons. The van der Waals surface area contributed by atoms with Crippen LogP contribution in [0.5, 0.6) is 0 Å². The van der Waals surface area contributed by atoms with Crippen LogP contribution in [0.4, 0.5) is 9.18 Å². The van der Waals surface area contributed by atoms with Crippen molar-refractivity contribution in [2.45, 2.75) is 62.9 Å². The monoisotopic (exact) mass is 614 g/mol. The predicted molar refractivity (Wildman–Crippen MR) is 154 cm³/mol. The van der Waals surface area contributed by atoms with Gasteiger partial charge >= 0.3 is 23.9 Å². The molecule has 2 aromatic rings. The largest absolute Gasteiger partial charge is 0.481 e. The molecule has 0 unspecified atom stereocenters. The number of amides is 3. The Morgan fingerprint density at radius 2 is 1.80 bits per heavy atom. The summed E-state index contributed by atoms with van der Waals surface area (Å²) >= 11 is 0. The average molecular weight is 615 g/mol. The number of aliphatic carboxylic acids is 3. The first-order chi connectivity index (χ1) is 20.9. The summed E-state index contributed by atoms with van der Waals surface area (Å²) in [4.78, 5) is 61.0. The highest BCUT2D eigenvalue weighted by atomic mass is 19.1. The van der Waals surface area contributed by atoms with Gasteiger partial charge in [-0.15, -0.1) is 5.10 Å². The molecule has 1 aromatic heterocycles. The summed E-state index contributed by atoms with van der Waals surface area (Å²) in [6.45, 7) is -0.414. The lowest BCUT2D eigenvalue weighted by Gasteiger charge is -2.37. The number of carbonyl (C=O) groups excluding carboxylic acids is 2. The lowest BCUT2D eigenvalue weighted by molar-refractivity contribution is -0.146. The Labute approximate surface area is 252 Å². The molecule has 0 saturated heterocycles. The number of hydrogen-bond donors (Lipinski definition) is 5. The number of hydrogen-bond acceptors (Lipinski definition) is 7. The van der Waals surface area contributed by atoms with Crippen molar-refractivity contribution < 1.29 is 43.7 Å². The van der Waals surface area contributed by atoms with Crippen molar-refractivity contribution in [3.8, 4) is 5.69 Å². The van der Waals surface area contributed by atoms with E-state index in [0.717, 1.165) is 16.2 Å². The Morgan fingerprint density at radius 3 is 2.43 bits per heavy atom. The predicted octanol–water partition coefficient (Wildman–Crippen LogP) is 2.23. The number of aromatic nitrogens is 3. The zero-order chi connectivity index (χ0) is 32.3. The Hall–Kier alpha value is -5.08. The summed E-state index contributed by atoms with van der Waals surface area (Å²) in [6, 6.07) is 4.96. The van der Waals surface area contributed by atoms with Gasteiger partial charge in [-0.05, 0) is 62.0 Å². The number of aryl methyl sites for hydroxylation is 2. The highest BCUT2D eigenvalue weighted by Crippen LogP contribution is 2.27. The third-order valence-corrected chi connectivity index (χ3v) is 7.10. The summed E-state index contributed by atoms with van der Waals surface area (Å²) in [5.74, 6) is -4.48. The molecule has 1 aromatic carbocycles. The Balaban J connectivity index is 1.57. The third-order valence-electron chi connectivity index (χ3n) is 7.10. The molecule has 0 aliphatic heterocycles. The van der Waals surface area contributed by atoms with E-state index in [1.807, 2.05) is 24.3 Å². The van der Waals surface area contributed by atoms with E-state index in [-0.39, 0.29) is 24.4 Å². The van der Waals surface area contributed by atoms with E-state index in [1.165, 1.54) is 25.3 Å². The smallest absolute Gasteiger partial charge is 0.334 e. The molecule has 1 aliphatic rings. The van der Waals surface area contributed by atoms with Gasteiger partial charge in [0.2, 0.25) is 5.91 Å². The number of halogens is 1. The summed E-state index contributed by atoms with van der Waals surface area (Å²) in [5, 5.41) is 41.1. The second-order valence-electron chi connectivity index (χ2n) is 10.3. The van der Waals surface area contributed by atoms with Crippen LogP contribution in [-0.2, 0) is 32.0 Å². The molecule has 0 spiro atoms. The van der Waals surface area contributed by atoms with Gasteiger partial charge in [0.25, 0.3) is 0 Å². The van der Waals surface area contributed by atoms with Gasteiger partial charge in [0.05, 0.1) is 24.3 Å². The summed E-state index contributed by atoms with van der Waals surface area (Å²) in [6.07, 6.45) is 7.03. The molecule has 2 atom stereocenters. The number of rotatable bonds is 16. The lowest BCUT2D eigenvalue weighted by Crippen LogP contribution is -2.59. The molecular weight excluding hydrogens is 579 g/mol. The van der Waals surface area contributed by atoms with Crippen molar-refractivity contribution in [3.63, 3.8) is 0 Å². The average Bonchev–Trinajstić information content (AvgIpc) is 3.46. The van der Waals surface area contributed by atoms with Crippen LogP contribution >= 0.6 is 0 Å². The van der Waals surface area contributed by atoms with Crippen LogP contribution in [0.1, 0.15) is 49.8 Å². The van der Waals surface area contributed by atoms with Crippen LogP contribution in [0, 0.1) is 0 Å². The van der Waals surface area contributed by atoms with Gasteiger partial charge in [-0.1, -0.05) is 23.4 Å². The molecule has 0 saturated carbocycles. The van der Waals surface area contributed by atoms with Gasteiger partial charge in [-0.25, -0.2) is 19.1 Å². The first kappa shape index (κ1) is 33.4. The van der Waals surface area contributed by atoms with Gasteiger partial charge in [0.1, 0.15) is 6.04 Å². The van der Waals surface area contributed by atoms with Gasteiger partial charge in [-0.3, -0.25) is 14.0 Å². The fourth-order valence-electron chi connectivity index (χ4n) is 4.57. The van der Waals surface area contributed by atoms with Crippen molar-refractivity contribution in [3.05, 3.63) is 65.6 Å². The maximum atomic E-state index is 12.8. The maximum absolute atomic E-state index is 12.8. The van der Waals surface area contributed by atoms with E-state index in [1.54, 1.807) is 10.9 Å². The number of nitrogens with zero attached hydrogens (tertiary/aromatic N) is 4. The number of carboxylic acid groups (broad SMARTS) is 3. The first-order valence-electron chi connectivity index (χ1n) is 13.9.